The lowest BCUT2D eigenvalue weighted by Gasteiger charge is -2.12. The summed E-state index contributed by atoms with van der Waals surface area (Å²) in [6.45, 7) is 4.07. The van der Waals surface area contributed by atoms with Crippen LogP contribution in [0.4, 0.5) is 0 Å². The van der Waals surface area contributed by atoms with E-state index in [4.69, 9.17) is 11.6 Å². The van der Waals surface area contributed by atoms with Crippen LogP contribution < -0.4 is 0 Å². The Morgan fingerprint density at radius 3 is 2.62 bits per heavy atom. The molecule has 0 saturated carbocycles. The Morgan fingerprint density at radius 2 is 2.15 bits per heavy atom. The summed E-state index contributed by atoms with van der Waals surface area (Å²) in [6.07, 6.45) is 1.56. The van der Waals surface area contributed by atoms with Crippen molar-refractivity contribution in [2.24, 2.45) is 5.92 Å². The Hall–Kier alpha value is -0.0500. The maximum Gasteiger partial charge on any atom is 0.0931 e. The van der Waals surface area contributed by atoms with E-state index in [9.17, 15) is 5.11 Å². The number of halogens is 1. The van der Waals surface area contributed by atoms with Crippen molar-refractivity contribution in [3.8, 4) is 0 Å². The second kappa shape index (κ2) is 4.99. The molecule has 1 rings (SSSR count). The molecule has 74 valence electrons. The highest BCUT2D eigenvalue weighted by molar-refractivity contribution is 7.16. The van der Waals surface area contributed by atoms with Crippen molar-refractivity contribution in [2.45, 2.75) is 32.8 Å². The van der Waals surface area contributed by atoms with Crippen LogP contribution in [0.3, 0.4) is 0 Å². The lowest BCUT2D eigenvalue weighted by atomic mass is 10.0. The Bertz CT molecular complexity index is 257. The van der Waals surface area contributed by atoms with E-state index in [2.05, 4.69) is 0 Å². The maximum absolute atomic E-state index is 9.57. The van der Waals surface area contributed by atoms with Crippen molar-refractivity contribution in [1.29, 1.82) is 0 Å². The van der Waals surface area contributed by atoms with Gasteiger partial charge in [-0.25, -0.2) is 0 Å². The van der Waals surface area contributed by atoms with E-state index in [-0.39, 0.29) is 6.10 Å². The van der Waals surface area contributed by atoms with Gasteiger partial charge in [0.15, 0.2) is 0 Å². The third-order valence-electron chi connectivity index (χ3n) is 2.08. The maximum atomic E-state index is 9.57. The Labute approximate surface area is 88.4 Å². The van der Waals surface area contributed by atoms with Crippen LogP contribution in [-0.2, 0) is 6.42 Å². The van der Waals surface area contributed by atoms with Crippen LogP contribution in [0.5, 0.6) is 0 Å². The van der Waals surface area contributed by atoms with Crippen molar-refractivity contribution >= 4 is 22.9 Å². The summed E-state index contributed by atoms with van der Waals surface area (Å²) in [5, 5.41) is 9.57. The van der Waals surface area contributed by atoms with Gasteiger partial charge < -0.3 is 5.11 Å². The molecule has 0 aliphatic rings. The average Bonchev–Trinajstić information content (AvgIpc) is 2.47. The summed E-state index contributed by atoms with van der Waals surface area (Å²) >= 11 is 7.39. The van der Waals surface area contributed by atoms with Crippen LogP contribution in [0, 0.1) is 5.92 Å². The van der Waals surface area contributed by atoms with Gasteiger partial charge in [-0.05, 0) is 30.9 Å². The number of hydrogen-bond donors (Lipinski definition) is 1. The molecule has 1 unspecified atom stereocenters. The zero-order chi connectivity index (χ0) is 9.84. The minimum absolute atomic E-state index is 0.194. The minimum Gasteiger partial charge on any atom is -0.393 e. The van der Waals surface area contributed by atoms with Crippen LogP contribution in [0.2, 0.25) is 4.34 Å². The molecule has 0 aliphatic carbocycles. The summed E-state index contributed by atoms with van der Waals surface area (Å²) in [6, 6.07) is 3.93. The first-order chi connectivity index (χ1) is 6.09. The van der Waals surface area contributed by atoms with Crippen LogP contribution in [0.15, 0.2) is 12.1 Å². The van der Waals surface area contributed by atoms with Gasteiger partial charge >= 0.3 is 0 Å². The van der Waals surface area contributed by atoms with Crippen molar-refractivity contribution in [3.05, 3.63) is 21.3 Å². The fraction of sp³-hybridized carbons (Fsp3) is 0.600. The fourth-order valence-corrected chi connectivity index (χ4v) is 2.21. The van der Waals surface area contributed by atoms with Crippen molar-refractivity contribution in [1.82, 2.24) is 0 Å². The van der Waals surface area contributed by atoms with E-state index in [0.29, 0.717) is 5.92 Å². The first kappa shape index (κ1) is 11.0. The number of rotatable bonds is 4. The smallest absolute Gasteiger partial charge is 0.0931 e. The van der Waals surface area contributed by atoms with Gasteiger partial charge in [0, 0.05) is 4.88 Å². The van der Waals surface area contributed by atoms with Gasteiger partial charge in [-0.15, -0.1) is 11.3 Å². The molecule has 0 bridgehead atoms. The molecule has 3 heteroatoms. The van der Waals surface area contributed by atoms with Gasteiger partial charge in [-0.3, -0.25) is 0 Å². The Morgan fingerprint density at radius 1 is 1.46 bits per heavy atom. The topological polar surface area (TPSA) is 20.2 Å². The molecule has 0 spiro atoms. The van der Waals surface area contributed by atoms with Crippen LogP contribution in [0.25, 0.3) is 0 Å². The summed E-state index contributed by atoms with van der Waals surface area (Å²) in [4.78, 5) is 1.25. The highest BCUT2D eigenvalue weighted by atomic mass is 35.5. The largest absolute Gasteiger partial charge is 0.393 e. The summed E-state index contributed by atoms with van der Waals surface area (Å²) in [5.74, 6) is 0.343. The first-order valence-electron chi connectivity index (χ1n) is 4.52. The molecule has 1 nitrogen and oxygen atoms in total. The van der Waals surface area contributed by atoms with E-state index >= 15 is 0 Å². The number of hydrogen-bond acceptors (Lipinski definition) is 2. The SMILES string of the molecule is CC(C)C(O)CCc1ccc(Cl)s1. The van der Waals surface area contributed by atoms with E-state index in [1.165, 1.54) is 4.88 Å². The van der Waals surface area contributed by atoms with E-state index in [1.807, 2.05) is 26.0 Å². The summed E-state index contributed by atoms with van der Waals surface area (Å²) < 4.78 is 0.828. The van der Waals surface area contributed by atoms with E-state index in [0.717, 1.165) is 17.2 Å². The lowest BCUT2D eigenvalue weighted by molar-refractivity contribution is 0.117. The zero-order valence-corrected chi connectivity index (χ0v) is 9.53. The van der Waals surface area contributed by atoms with Crippen molar-refractivity contribution in [3.63, 3.8) is 0 Å². The van der Waals surface area contributed by atoms with E-state index in [1.54, 1.807) is 11.3 Å². The van der Waals surface area contributed by atoms with Crippen LogP contribution in [-0.4, -0.2) is 11.2 Å². The second-order valence-electron chi connectivity index (χ2n) is 3.56. The number of thiophene rings is 1. The number of aliphatic hydroxyl groups is 1. The highest BCUT2D eigenvalue weighted by Crippen LogP contribution is 2.23. The fourth-order valence-electron chi connectivity index (χ4n) is 1.11. The molecule has 1 aromatic rings. The molecule has 1 N–H and O–H groups in total. The van der Waals surface area contributed by atoms with Gasteiger partial charge in [0.05, 0.1) is 10.4 Å². The molecule has 1 heterocycles. The average molecular weight is 219 g/mol. The number of aryl methyl sites for hydroxylation is 1. The molecular formula is C10H15ClOS. The first-order valence-corrected chi connectivity index (χ1v) is 5.71. The molecular weight excluding hydrogens is 204 g/mol. The molecule has 0 aromatic carbocycles. The van der Waals surface area contributed by atoms with Gasteiger partial charge in [0.1, 0.15) is 0 Å². The second-order valence-corrected chi connectivity index (χ2v) is 5.36. The van der Waals surface area contributed by atoms with Crippen LogP contribution >= 0.6 is 22.9 Å². The Kier molecular flexibility index (Phi) is 4.23. The molecule has 0 amide bonds. The minimum atomic E-state index is -0.194. The third-order valence-corrected chi connectivity index (χ3v) is 3.38. The number of aliphatic hydroxyl groups excluding tert-OH is 1. The normalized spacial score (nSPS) is 13.6. The molecule has 13 heavy (non-hydrogen) atoms. The van der Waals surface area contributed by atoms with Gasteiger partial charge in [0.2, 0.25) is 0 Å². The lowest BCUT2D eigenvalue weighted by Crippen LogP contribution is -2.14. The summed E-state index contributed by atoms with van der Waals surface area (Å²) in [5.41, 5.74) is 0. The van der Waals surface area contributed by atoms with Gasteiger partial charge in [0.25, 0.3) is 0 Å². The molecule has 1 aromatic heterocycles. The predicted octanol–water partition coefficient (Wildman–Crippen LogP) is 3.35. The van der Waals surface area contributed by atoms with E-state index < -0.39 is 0 Å². The zero-order valence-electron chi connectivity index (χ0n) is 7.96. The summed E-state index contributed by atoms with van der Waals surface area (Å²) in [7, 11) is 0. The molecule has 0 aliphatic heterocycles. The quantitative estimate of drug-likeness (QED) is 0.822. The van der Waals surface area contributed by atoms with Crippen LogP contribution in [0.1, 0.15) is 25.1 Å². The molecule has 0 fully saturated rings. The standard InChI is InChI=1S/C10H15ClOS/c1-7(2)9(12)5-3-8-4-6-10(11)13-8/h4,6-7,9,12H,3,5H2,1-2H3. The molecule has 1 atom stereocenters. The molecule has 0 saturated heterocycles. The van der Waals surface area contributed by atoms with Gasteiger partial charge in [-0.2, -0.15) is 0 Å². The third kappa shape index (κ3) is 3.67. The van der Waals surface area contributed by atoms with Crippen molar-refractivity contribution in [2.75, 3.05) is 0 Å². The predicted molar refractivity (Wildman–Crippen MR) is 58.5 cm³/mol. The van der Waals surface area contributed by atoms with Gasteiger partial charge in [-0.1, -0.05) is 25.4 Å². The highest BCUT2D eigenvalue weighted by Gasteiger charge is 2.09. The monoisotopic (exact) mass is 218 g/mol. The van der Waals surface area contributed by atoms with Crippen molar-refractivity contribution < 1.29 is 5.11 Å². The Balaban J connectivity index is 2.35. The molecule has 0 radical (unpaired) electrons.